The standard InChI is InChI=1S/C19H18FNO3/c1-4-24-19-12-14(6-8-18(19)23-3)15(9-10-21)13-5-7-17(22-2)16(20)11-13/h5-9,11-12H,4H2,1-3H3. The lowest BCUT2D eigenvalue weighted by molar-refractivity contribution is 0.311. The highest BCUT2D eigenvalue weighted by Crippen LogP contribution is 2.34. The van der Waals surface area contributed by atoms with E-state index in [1.807, 2.05) is 13.0 Å². The van der Waals surface area contributed by atoms with Gasteiger partial charge in [-0.3, -0.25) is 0 Å². The molecular formula is C19H18FNO3. The number of rotatable bonds is 6. The maximum atomic E-state index is 14.0. The summed E-state index contributed by atoms with van der Waals surface area (Å²) in [4.78, 5) is 0. The Morgan fingerprint density at radius 1 is 1.04 bits per heavy atom. The van der Waals surface area contributed by atoms with Crippen LogP contribution in [0.3, 0.4) is 0 Å². The summed E-state index contributed by atoms with van der Waals surface area (Å²) in [7, 11) is 2.96. The molecule has 0 N–H and O–H groups in total. The van der Waals surface area contributed by atoms with Gasteiger partial charge in [-0.1, -0.05) is 12.1 Å². The van der Waals surface area contributed by atoms with E-state index in [0.29, 0.717) is 29.2 Å². The molecule has 2 aromatic rings. The number of ether oxygens (including phenoxy) is 3. The van der Waals surface area contributed by atoms with E-state index < -0.39 is 5.82 Å². The van der Waals surface area contributed by atoms with Crippen molar-refractivity contribution in [2.24, 2.45) is 0 Å². The lowest BCUT2D eigenvalue weighted by atomic mass is 9.97. The molecule has 0 aliphatic rings. The van der Waals surface area contributed by atoms with Gasteiger partial charge in [-0.15, -0.1) is 0 Å². The summed E-state index contributed by atoms with van der Waals surface area (Å²) < 4.78 is 29.8. The van der Waals surface area contributed by atoms with Crippen molar-refractivity contribution in [3.63, 3.8) is 0 Å². The zero-order chi connectivity index (χ0) is 17.5. The van der Waals surface area contributed by atoms with Gasteiger partial charge in [0.15, 0.2) is 23.1 Å². The number of nitrogens with zero attached hydrogens (tertiary/aromatic N) is 1. The van der Waals surface area contributed by atoms with Crippen LogP contribution in [0, 0.1) is 17.1 Å². The van der Waals surface area contributed by atoms with Crippen LogP contribution in [0.4, 0.5) is 4.39 Å². The van der Waals surface area contributed by atoms with Crippen LogP contribution in [0.25, 0.3) is 5.57 Å². The minimum Gasteiger partial charge on any atom is -0.494 e. The van der Waals surface area contributed by atoms with Gasteiger partial charge in [0.1, 0.15) is 0 Å². The Bertz CT molecular complexity index is 794. The molecule has 124 valence electrons. The highest BCUT2D eigenvalue weighted by molar-refractivity contribution is 5.82. The minimum absolute atomic E-state index is 0.153. The van der Waals surface area contributed by atoms with E-state index in [9.17, 15) is 4.39 Å². The monoisotopic (exact) mass is 327 g/mol. The Hall–Kier alpha value is -3.00. The van der Waals surface area contributed by atoms with Gasteiger partial charge in [-0.2, -0.15) is 5.26 Å². The van der Waals surface area contributed by atoms with Gasteiger partial charge in [0.2, 0.25) is 0 Å². The summed E-state index contributed by atoms with van der Waals surface area (Å²) in [6, 6.07) is 11.9. The molecule has 0 amide bonds. The summed E-state index contributed by atoms with van der Waals surface area (Å²) in [5.74, 6) is 0.824. The second-order valence-corrected chi connectivity index (χ2v) is 4.84. The van der Waals surface area contributed by atoms with Crippen molar-refractivity contribution >= 4 is 5.57 Å². The molecule has 4 nitrogen and oxygen atoms in total. The predicted molar refractivity (Wildman–Crippen MR) is 89.8 cm³/mol. The Labute approximate surface area is 140 Å². The lowest BCUT2D eigenvalue weighted by Gasteiger charge is -2.13. The average molecular weight is 327 g/mol. The van der Waals surface area contributed by atoms with E-state index in [-0.39, 0.29) is 5.75 Å². The van der Waals surface area contributed by atoms with Crippen LogP contribution in [0.2, 0.25) is 0 Å². The van der Waals surface area contributed by atoms with Crippen molar-refractivity contribution in [2.45, 2.75) is 6.92 Å². The van der Waals surface area contributed by atoms with E-state index in [2.05, 4.69) is 0 Å². The molecule has 0 saturated carbocycles. The SMILES string of the molecule is CCOc1cc(C(=CC#N)c2ccc(OC)c(F)c2)ccc1OC. The number of hydrogen-bond donors (Lipinski definition) is 0. The molecule has 2 aromatic carbocycles. The van der Waals surface area contributed by atoms with Gasteiger partial charge in [0.25, 0.3) is 0 Å². The molecule has 0 atom stereocenters. The highest BCUT2D eigenvalue weighted by Gasteiger charge is 2.12. The first kappa shape index (κ1) is 17.4. The Morgan fingerprint density at radius 3 is 2.21 bits per heavy atom. The molecular weight excluding hydrogens is 309 g/mol. The van der Waals surface area contributed by atoms with E-state index in [1.165, 1.54) is 25.3 Å². The second kappa shape index (κ2) is 8.02. The van der Waals surface area contributed by atoms with Gasteiger partial charge in [-0.05, 0) is 47.9 Å². The first-order valence-corrected chi connectivity index (χ1v) is 7.39. The fourth-order valence-corrected chi connectivity index (χ4v) is 2.34. The number of hydrogen-bond acceptors (Lipinski definition) is 4. The van der Waals surface area contributed by atoms with Crippen LogP contribution in [0.5, 0.6) is 17.2 Å². The molecule has 0 bridgehead atoms. The summed E-state index contributed by atoms with van der Waals surface area (Å²) in [6.45, 7) is 2.35. The van der Waals surface area contributed by atoms with Crippen LogP contribution in [0.1, 0.15) is 18.1 Å². The molecule has 0 saturated heterocycles. The van der Waals surface area contributed by atoms with Crippen LogP contribution < -0.4 is 14.2 Å². The second-order valence-electron chi connectivity index (χ2n) is 4.84. The molecule has 0 heterocycles. The molecule has 0 aliphatic carbocycles. The zero-order valence-electron chi connectivity index (χ0n) is 13.8. The molecule has 0 radical (unpaired) electrons. The number of benzene rings is 2. The lowest BCUT2D eigenvalue weighted by Crippen LogP contribution is -1.97. The predicted octanol–water partition coefficient (Wildman–Crippen LogP) is 4.20. The zero-order valence-corrected chi connectivity index (χ0v) is 13.8. The normalized spacial score (nSPS) is 10.9. The van der Waals surface area contributed by atoms with E-state index >= 15 is 0 Å². The molecule has 0 unspecified atom stereocenters. The number of halogens is 1. The van der Waals surface area contributed by atoms with Crippen molar-refractivity contribution in [3.8, 4) is 23.3 Å². The highest BCUT2D eigenvalue weighted by atomic mass is 19.1. The summed E-state index contributed by atoms with van der Waals surface area (Å²) in [6.07, 6.45) is 1.37. The Morgan fingerprint density at radius 2 is 1.67 bits per heavy atom. The van der Waals surface area contributed by atoms with Crippen molar-refractivity contribution < 1.29 is 18.6 Å². The fourth-order valence-electron chi connectivity index (χ4n) is 2.34. The first-order valence-electron chi connectivity index (χ1n) is 7.39. The first-order chi connectivity index (χ1) is 11.6. The molecule has 0 aliphatic heterocycles. The molecule has 0 fully saturated rings. The maximum Gasteiger partial charge on any atom is 0.165 e. The summed E-state index contributed by atoms with van der Waals surface area (Å²) in [5.41, 5.74) is 1.88. The molecule has 0 aromatic heterocycles. The average Bonchev–Trinajstić information content (AvgIpc) is 2.60. The van der Waals surface area contributed by atoms with E-state index in [4.69, 9.17) is 19.5 Å². The largest absolute Gasteiger partial charge is 0.494 e. The number of allylic oxidation sites excluding steroid dienone is 1. The van der Waals surface area contributed by atoms with E-state index in [0.717, 1.165) is 5.56 Å². The fraction of sp³-hybridized carbons (Fsp3) is 0.211. The van der Waals surface area contributed by atoms with Gasteiger partial charge in [-0.25, -0.2) is 4.39 Å². The third kappa shape index (κ3) is 3.66. The molecule has 5 heteroatoms. The topological polar surface area (TPSA) is 51.5 Å². The quantitative estimate of drug-likeness (QED) is 0.746. The third-order valence-electron chi connectivity index (χ3n) is 3.45. The third-order valence-corrected chi connectivity index (χ3v) is 3.45. The van der Waals surface area contributed by atoms with E-state index in [1.54, 1.807) is 31.4 Å². The smallest absolute Gasteiger partial charge is 0.165 e. The van der Waals surface area contributed by atoms with Gasteiger partial charge >= 0.3 is 0 Å². The van der Waals surface area contributed by atoms with Gasteiger partial charge in [0.05, 0.1) is 26.9 Å². The van der Waals surface area contributed by atoms with Crippen LogP contribution in [-0.2, 0) is 0 Å². The maximum absolute atomic E-state index is 14.0. The van der Waals surface area contributed by atoms with Crippen molar-refractivity contribution in [2.75, 3.05) is 20.8 Å². The number of nitriles is 1. The van der Waals surface area contributed by atoms with Gasteiger partial charge < -0.3 is 14.2 Å². The summed E-state index contributed by atoms with van der Waals surface area (Å²) in [5, 5.41) is 9.10. The Kier molecular flexibility index (Phi) is 5.80. The summed E-state index contributed by atoms with van der Waals surface area (Å²) >= 11 is 0. The van der Waals surface area contributed by atoms with Gasteiger partial charge in [0, 0.05) is 6.08 Å². The molecule has 2 rings (SSSR count). The van der Waals surface area contributed by atoms with Crippen LogP contribution in [-0.4, -0.2) is 20.8 Å². The van der Waals surface area contributed by atoms with Crippen molar-refractivity contribution in [1.82, 2.24) is 0 Å². The number of methoxy groups -OCH3 is 2. The van der Waals surface area contributed by atoms with Crippen molar-refractivity contribution in [3.05, 3.63) is 59.4 Å². The molecule has 0 spiro atoms. The molecule has 24 heavy (non-hydrogen) atoms. The van der Waals surface area contributed by atoms with Crippen LogP contribution in [0.15, 0.2) is 42.5 Å². The minimum atomic E-state index is -0.489. The Balaban J connectivity index is 2.53. The van der Waals surface area contributed by atoms with Crippen LogP contribution >= 0.6 is 0 Å². The van der Waals surface area contributed by atoms with Crippen molar-refractivity contribution in [1.29, 1.82) is 5.26 Å².